The van der Waals surface area contributed by atoms with E-state index in [1.54, 1.807) is 12.1 Å². The number of nitrogens with two attached hydrogens (primary N) is 1. The summed E-state index contributed by atoms with van der Waals surface area (Å²) in [6.45, 7) is 0.260. The number of hydrogen-bond acceptors (Lipinski definition) is 4. The first kappa shape index (κ1) is 14.8. The van der Waals surface area contributed by atoms with Gasteiger partial charge in [-0.15, -0.1) is 0 Å². The highest BCUT2D eigenvalue weighted by atomic mass is 16.3. The van der Waals surface area contributed by atoms with Crippen LogP contribution in [-0.4, -0.2) is 41.7 Å². The zero-order valence-electron chi connectivity index (χ0n) is 11.9. The van der Waals surface area contributed by atoms with Crippen LogP contribution in [0.3, 0.4) is 0 Å². The number of rotatable bonds is 4. The van der Waals surface area contributed by atoms with Gasteiger partial charge < -0.3 is 16.2 Å². The summed E-state index contributed by atoms with van der Waals surface area (Å²) in [5, 5.41) is 12.8. The molecule has 0 spiro atoms. The second-order valence-electron chi connectivity index (χ2n) is 5.47. The highest BCUT2D eigenvalue weighted by Gasteiger charge is 2.27. The quantitative estimate of drug-likeness (QED) is 0.728. The van der Waals surface area contributed by atoms with Crippen molar-refractivity contribution >= 4 is 17.3 Å². The number of amides is 1. The first-order valence-corrected chi connectivity index (χ1v) is 7.10. The van der Waals surface area contributed by atoms with Crippen molar-refractivity contribution in [3.63, 3.8) is 0 Å². The monoisotopic (exact) mass is 277 g/mol. The van der Waals surface area contributed by atoms with Crippen LogP contribution in [0.5, 0.6) is 0 Å². The van der Waals surface area contributed by atoms with Crippen molar-refractivity contribution in [1.29, 1.82) is 0 Å². The van der Waals surface area contributed by atoms with Crippen molar-refractivity contribution in [1.82, 2.24) is 4.90 Å². The number of hydrogen-bond donors (Lipinski definition) is 3. The number of aliphatic hydroxyl groups is 1. The summed E-state index contributed by atoms with van der Waals surface area (Å²) in [4.78, 5) is 14.0. The number of nitrogens with zero attached hydrogens (tertiary/aromatic N) is 1. The molecule has 1 saturated carbocycles. The van der Waals surface area contributed by atoms with E-state index < -0.39 is 0 Å². The van der Waals surface area contributed by atoms with Crippen LogP contribution in [0, 0.1) is 0 Å². The summed E-state index contributed by atoms with van der Waals surface area (Å²) in [5.74, 6) is -0.108. The largest absolute Gasteiger partial charge is 0.397 e. The summed E-state index contributed by atoms with van der Waals surface area (Å²) in [5.41, 5.74) is 6.99. The third-order valence-corrected chi connectivity index (χ3v) is 3.89. The molecule has 20 heavy (non-hydrogen) atoms. The number of likely N-dealkylation sites (N-methyl/N-ethyl adjacent to an activating group) is 1. The minimum absolute atomic E-state index is 0.0719. The second-order valence-corrected chi connectivity index (χ2v) is 5.47. The first-order chi connectivity index (χ1) is 9.58. The molecule has 110 valence electrons. The Kier molecular flexibility index (Phi) is 4.98. The molecule has 1 aromatic carbocycles. The molecular weight excluding hydrogens is 254 g/mol. The van der Waals surface area contributed by atoms with Crippen molar-refractivity contribution in [2.75, 3.05) is 24.6 Å². The highest BCUT2D eigenvalue weighted by molar-refractivity contribution is 5.95. The number of benzene rings is 1. The van der Waals surface area contributed by atoms with Gasteiger partial charge in [0.2, 0.25) is 5.91 Å². The Bertz CT molecular complexity index is 464. The lowest BCUT2D eigenvalue weighted by molar-refractivity contribution is -0.118. The standard InChI is InChI=1S/C15H23N3O2/c1-18(13-8-4-5-9-14(13)19)10-15(20)17-12-7-3-2-6-11(12)16/h2-3,6-7,13-14,19H,4-5,8-10,16H2,1H3,(H,17,20). The zero-order valence-corrected chi connectivity index (χ0v) is 11.9. The van der Waals surface area contributed by atoms with Gasteiger partial charge in [-0.3, -0.25) is 9.69 Å². The molecule has 0 radical (unpaired) electrons. The molecule has 0 saturated heterocycles. The highest BCUT2D eigenvalue weighted by Crippen LogP contribution is 2.22. The smallest absolute Gasteiger partial charge is 0.238 e. The predicted octanol–water partition coefficient (Wildman–Crippen LogP) is 1.44. The van der Waals surface area contributed by atoms with Crippen LogP contribution in [0.4, 0.5) is 11.4 Å². The Morgan fingerprint density at radius 1 is 1.40 bits per heavy atom. The predicted molar refractivity (Wildman–Crippen MR) is 80.4 cm³/mol. The maximum atomic E-state index is 12.0. The minimum atomic E-state index is -0.330. The van der Waals surface area contributed by atoms with Crippen LogP contribution in [0.1, 0.15) is 25.7 Å². The Hall–Kier alpha value is -1.59. The van der Waals surface area contributed by atoms with E-state index in [2.05, 4.69) is 5.32 Å². The van der Waals surface area contributed by atoms with E-state index in [1.807, 2.05) is 24.1 Å². The van der Waals surface area contributed by atoms with Gasteiger partial charge in [-0.1, -0.05) is 25.0 Å². The lowest BCUT2D eigenvalue weighted by Gasteiger charge is -2.34. The fourth-order valence-corrected chi connectivity index (χ4v) is 2.75. The summed E-state index contributed by atoms with van der Waals surface area (Å²) in [6, 6.07) is 7.27. The first-order valence-electron chi connectivity index (χ1n) is 7.10. The zero-order chi connectivity index (χ0) is 14.5. The van der Waals surface area contributed by atoms with E-state index in [4.69, 9.17) is 5.73 Å². The van der Waals surface area contributed by atoms with Crippen LogP contribution in [0.25, 0.3) is 0 Å². The fraction of sp³-hybridized carbons (Fsp3) is 0.533. The molecule has 0 heterocycles. The van der Waals surface area contributed by atoms with E-state index in [-0.39, 0.29) is 24.6 Å². The average Bonchev–Trinajstić information content (AvgIpc) is 2.41. The van der Waals surface area contributed by atoms with E-state index in [0.29, 0.717) is 11.4 Å². The molecule has 0 aromatic heterocycles. The van der Waals surface area contributed by atoms with Gasteiger partial charge in [-0.25, -0.2) is 0 Å². The van der Waals surface area contributed by atoms with Crippen LogP contribution in [-0.2, 0) is 4.79 Å². The van der Waals surface area contributed by atoms with Crippen LogP contribution in [0.2, 0.25) is 0 Å². The lowest BCUT2D eigenvalue weighted by atomic mass is 9.91. The normalized spacial score (nSPS) is 22.8. The van der Waals surface area contributed by atoms with Crippen LogP contribution in [0.15, 0.2) is 24.3 Å². The molecule has 1 aromatic rings. The van der Waals surface area contributed by atoms with Gasteiger partial charge in [0.25, 0.3) is 0 Å². The molecule has 5 heteroatoms. The molecule has 1 fully saturated rings. The van der Waals surface area contributed by atoms with Crippen molar-refractivity contribution in [3.05, 3.63) is 24.3 Å². The SMILES string of the molecule is CN(CC(=O)Nc1ccccc1N)C1CCCCC1O. The van der Waals surface area contributed by atoms with Crippen LogP contribution < -0.4 is 11.1 Å². The summed E-state index contributed by atoms with van der Waals surface area (Å²) >= 11 is 0. The Labute approximate surface area is 119 Å². The third kappa shape index (κ3) is 3.71. The number of aliphatic hydroxyl groups excluding tert-OH is 1. The molecule has 0 bridgehead atoms. The number of carbonyl (C=O) groups is 1. The molecule has 4 N–H and O–H groups in total. The molecular formula is C15H23N3O2. The number of carbonyl (C=O) groups excluding carboxylic acids is 1. The molecule has 0 aliphatic heterocycles. The molecule has 1 aliphatic rings. The summed E-state index contributed by atoms with van der Waals surface area (Å²) < 4.78 is 0. The van der Waals surface area contributed by atoms with Gasteiger partial charge in [-0.2, -0.15) is 0 Å². The maximum Gasteiger partial charge on any atom is 0.238 e. The van der Waals surface area contributed by atoms with Gasteiger partial charge in [0, 0.05) is 6.04 Å². The number of nitrogen functional groups attached to an aromatic ring is 1. The summed E-state index contributed by atoms with van der Waals surface area (Å²) in [7, 11) is 1.88. The Balaban J connectivity index is 1.89. The van der Waals surface area contributed by atoms with Crippen LogP contribution >= 0.6 is 0 Å². The lowest BCUT2D eigenvalue weighted by Crippen LogP contribution is -2.46. The molecule has 1 aliphatic carbocycles. The topological polar surface area (TPSA) is 78.6 Å². The van der Waals surface area contributed by atoms with E-state index in [9.17, 15) is 9.90 Å². The van der Waals surface area contributed by atoms with Gasteiger partial charge in [0.1, 0.15) is 0 Å². The molecule has 2 atom stereocenters. The third-order valence-electron chi connectivity index (χ3n) is 3.89. The number of para-hydroxylation sites is 2. The van der Waals surface area contributed by atoms with Gasteiger partial charge in [0.05, 0.1) is 24.0 Å². The van der Waals surface area contributed by atoms with E-state index in [1.165, 1.54) is 0 Å². The van der Waals surface area contributed by atoms with Crippen molar-refractivity contribution in [2.45, 2.75) is 37.8 Å². The maximum absolute atomic E-state index is 12.0. The number of nitrogens with one attached hydrogen (secondary N) is 1. The van der Waals surface area contributed by atoms with E-state index >= 15 is 0 Å². The second kappa shape index (κ2) is 6.72. The fourth-order valence-electron chi connectivity index (χ4n) is 2.75. The number of anilines is 2. The Morgan fingerprint density at radius 2 is 2.10 bits per heavy atom. The molecule has 5 nitrogen and oxygen atoms in total. The molecule has 1 amide bonds. The molecule has 2 rings (SSSR count). The van der Waals surface area contributed by atoms with E-state index in [0.717, 1.165) is 25.7 Å². The van der Waals surface area contributed by atoms with Crippen molar-refractivity contribution in [2.24, 2.45) is 0 Å². The minimum Gasteiger partial charge on any atom is -0.397 e. The molecule has 2 unspecified atom stereocenters. The Morgan fingerprint density at radius 3 is 2.80 bits per heavy atom. The summed E-state index contributed by atoms with van der Waals surface area (Å²) in [6.07, 6.45) is 3.61. The van der Waals surface area contributed by atoms with Crippen molar-refractivity contribution < 1.29 is 9.90 Å². The van der Waals surface area contributed by atoms with Gasteiger partial charge >= 0.3 is 0 Å². The van der Waals surface area contributed by atoms with Gasteiger partial charge in [-0.05, 0) is 32.0 Å². The van der Waals surface area contributed by atoms with Gasteiger partial charge in [0.15, 0.2) is 0 Å². The van der Waals surface area contributed by atoms with Crippen molar-refractivity contribution in [3.8, 4) is 0 Å². The average molecular weight is 277 g/mol.